The zero-order chi connectivity index (χ0) is 13.5. The Kier molecular flexibility index (Phi) is 5.25. The fourth-order valence-electron chi connectivity index (χ4n) is 1.43. The second kappa shape index (κ2) is 6.70. The van der Waals surface area contributed by atoms with Crippen LogP contribution in [0.5, 0.6) is 0 Å². The van der Waals surface area contributed by atoms with Gasteiger partial charge in [-0.05, 0) is 18.3 Å². The van der Waals surface area contributed by atoms with Gasteiger partial charge in [0.1, 0.15) is 0 Å². The first kappa shape index (κ1) is 14.1. The van der Waals surface area contributed by atoms with Gasteiger partial charge >= 0.3 is 5.82 Å². The van der Waals surface area contributed by atoms with Crippen molar-refractivity contribution in [3.05, 3.63) is 21.9 Å². The van der Waals surface area contributed by atoms with Crippen LogP contribution < -0.4 is 5.32 Å². The number of carbonyl (C=O) groups excluding carboxylic acids is 1. The third kappa shape index (κ3) is 4.13. The van der Waals surface area contributed by atoms with Crippen LogP contribution in [0, 0.1) is 17.0 Å². The Morgan fingerprint density at radius 3 is 3.00 bits per heavy atom. The van der Waals surface area contributed by atoms with Crippen LogP contribution in [0.1, 0.15) is 12.1 Å². The second-order valence-corrected chi connectivity index (χ2v) is 3.75. The molecule has 0 saturated heterocycles. The fraction of sp³-hybridized carbons (Fsp3) is 0.600. The number of ether oxygens (including phenoxy) is 1. The van der Waals surface area contributed by atoms with Gasteiger partial charge in [-0.2, -0.15) is 0 Å². The number of carbonyl (C=O) groups is 1. The van der Waals surface area contributed by atoms with E-state index in [0.29, 0.717) is 25.3 Å². The Hall–Kier alpha value is -1.96. The Morgan fingerprint density at radius 1 is 1.67 bits per heavy atom. The summed E-state index contributed by atoms with van der Waals surface area (Å²) >= 11 is 0. The Bertz CT molecular complexity index is 430. The molecule has 0 aliphatic carbocycles. The molecule has 1 aromatic rings. The van der Waals surface area contributed by atoms with E-state index in [1.54, 1.807) is 14.0 Å². The molecule has 0 saturated carbocycles. The van der Waals surface area contributed by atoms with Gasteiger partial charge in [0.25, 0.3) is 5.91 Å². The number of nitro groups is 1. The molecule has 1 rings (SSSR count). The molecule has 0 aromatic carbocycles. The van der Waals surface area contributed by atoms with Crippen molar-refractivity contribution in [1.29, 1.82) is 0 Å². The molecule has 1 aromatic heterocycles. The summed E-state index contributed by atoms with van der Waals surface area (Å²) in [4.78, 5) is 21.7. The standard InChI is InChI=1S/C10H16N4O4/c1-8-6-10(14(16)17)13(12-8)7-9(15)11-4-3-5-18-2/h6H,3-5,7H2,1-2H3,(H,11,15). The highest BCUT2D eigenvalue weighted by atomic mass is 16.6. The Labute approximate surface area is 104 Å². The van der Waals surface area contributed by atoms with Crippen molar-refractivity contribution < 1.29 is 14.5 Å². The lowest BCUT2D eigenvalue weighted by atomic mass is 10.4. The van der Waals surface area contributed by atoms with Gasteiger partial charge in [0, 0.05) is 20.3 Å². The van der Waals surface area contributed by atoms with Crippen LogP contribution in [-0.4, -0.2) is 40.9 Å². The molecule has 0 radical (unpaired) electrons. The first-order chi connectivity index (χ1) is 8.54. The zero-order valence-electron chi connectivity index (χ0n) is 10.4. The number of nitrogens with zero attached hydrogens (tertiary/aromatic N) is 3. The molecular weight excluding hydrogens is 240 g/mol. The van der Waals surface area contributed by atoms with Gasteiger partial charge in [0.15, 0.2) is 6.54 Å². The van der Waals surface area contributed by atoms with Crippen molar-refractivity contribution >= 4 is 11.7 Å². The average Bonchev–Trinajstić information content (AvgIpc) is 2.66. The molecule has 1 amide bonds. The third-order valence-electron chi connectivity index (χ3n) is 2.21. The van der Waals surface area contributed by atoms with Gasteiger partial charge in [-0.3, -0.25) is 4.79 Å². The summed E-state index contributed by atoms with van der Waals surface area (Å²) in [6, 6.07) is 1.33. The maximum absolute atomic E-state index is 11.5. The van der Waals surface area contributed by atoms with Crippen LogP contribution in [0.3, 0.4) is 0 Å². The van der Waals surface area contributed by atoms with Gasteiger partial charge in [0.2, 0.25) is 0 Å². The SMILES string of the molecule is COCCCNC(=O)Cn1nc(C)cc1[N+](=O)[O-]. The summed E-state index contributed by atoms with van der Waals surface area (Å²) in [5.41, 5.74) is 0.508. The third-order valence-corrected chi connectivity index (χ3v) is 2.21. The minimum Gasteiger partial charge on any atom is -0.385 e. The molecule has 0 unspecified atom stereocenters. The van der Waals surface area contributed by atoms with Crippen molar-refractivity contribution in [1.82, 2.24) is 15.1 Å². The highest BCUT2D eigenvalue weighted by Crippen LogP contribution is 2.12. The van der Waals surface area contributed by atoms with E-state index >= 15 is 0 Å². The summed E-state index contributed by atoms with van der Waals surface area (Å²) in [7, 11) is 1.58. The van der Waals surface area contributed by atoms with E-state index in [0.717, 1.165) is 4.68 Å². The van der Waals surface area contributed by atoms with E-state index in [9.17, 15) is 14.9 Å². The van der Waals surface area contributed by atoms with Crippen molar-refractivity contribution in [2.75, 3.05) is 20.3 Å². The normalized spacial score (nSPS) is 10.3. The molecule has 100 valence electrons. The van der Waals surface area contributed by atoms with E-state index in [2.05, 4.69) is 10.4 Å². The maximum Gasteiger partial charge on any atom is 0.345 e. The van der Waals surface area contributed by atoms with Crippen LogP contribution in [-0.2, 0) is 16.1 Å². The topological polar surface area (TPSA) is 99.3 Å². The summed E-state index contributed by atoms with van der Waals surface area (Å²) in [5.74, 6) is -0.489. The quantitative estimate of drug-likeness (QED) is 0.428. The Balaban J connectivity index is 2.51. The van der Waals surface area contributed by atoms with Crippen LogP contribution in [0.15, 0.2) is 6.07 Å². The average molecular weight is 256 g/mol. The van der Waals surface area contributed by atoms with Crippen LogP contribution in [0.25, 0.3) is 0 Å². The van der Waals surface area contributed by atoms with Crippen LogP contribution in [0.4, 0.5) is 5.82 Å². The molecule has 0 aliphatic rings. The maximum atomic E-state index is 11.5. The van der Waals surface area contributed by atoms with Gasteiger partial charge in [-0.1, -0.05) is 5.10 Å². The number of aromatic nitrogens is 2. The molecule has 0 aliphatic heterocycles. The molecular formula is C10H16N4O4. The minimum atomic E-state index is -0.557. The monoisotopic (exact) mass is 256 g/mol. The highest BCUT2D eigenvalue weighted by Gasteiger charge is 2.18. The summed E-state index contributed by atoms with van der Waals surface area (Å²) in [5, 5.41) is 17.3. The summed E-state index contributed by atoms with van der Waals surface area (Å²) < 4.78 is 5.92. The van der Waals surface area contributed by atoms with Crippen LogP contribution in [0.2, 0.25) is 0 Å². The molecule has 1 N–H and O–H groups in total. The summed E-state index contributed by atoms with van der Waals surface area (Å²) in [6.45, 7) is 2.51. The lowest BCUT2D eigenvalue weighted by Gasteiger charge is -2.03. The summed E-state index contributed by atoms with van der Waals surface area (Å²) in [6.07, 6.45) is 0.697. The zero-order valence-corrected chi connectivity index (χ0v) is 10.4. The number of aryl methyl sites for hydroxylation is 1. The smallest absolute Gasteiger partial charge is 0.345 e. The number of methoxy groups -OCH3 is 1. The van der Waals surface area contributed by atoms with Crippen molar-refractivity contribution in [3.63, 3.8) is 0 Å². The second-order valence-electron chi connectivity index (χ2n) is 3.75. The molecule has 0 fully saturated rings. The van der Waals surface area contributed by atoms with Gasteiger partial charge < -0.3 is 20.2 Å². The van der Waals surface area contributed by atoms with Crippen LogP contribution >= 0.6 is 0 Å². The van der Waals surface area contributed by atoms with E-state index in [1.807, 2.05) is 0 Å². The molecule has 8 nitrogen and oxygen atoms in total. The lowest BCUT2D eigenvalue weighted by molar-refractivity contribution is -0.392. The van der Waals surface area contributed by atoms with E-state index in [-0.39, 0.29) is 18.3 Å². The predicted molar refractivity (Wildman–Crippen MR) is 63.1 cm³/mol. The lowest BCUT2D eigenvalue weighted by Crippen LogP contribution is -2.29. The van der Waals surface area contributed by atoms with Crippen molar-refractivity contribution in [2.24, 2.45) is 0 Å². The number of amides is 1. The molecule has 0 bridgehead atoms. The molecule has 0 spiro atoms. The molecule has 0 atom stereocenters. The Morgan fingerprint density at radius 2 is 2.39 bits per heavy atom. The number of rotatable bonds is 7. The van der Waals surface area contributed by atoms with E-state index in [1.165, 1.54) is 6.07 Å². The first-order valence-corrected chi connectivity index (χ1v) is 5.49. The minimum absolute atomic E-state index is 0.156. The van der Waals surface area contributed by atoms with Gasteiger partial charge in [-0.15, -0.1) is 4.68 Å². The predicted octanol–water partition coefficient (Wildman–Crippen LogP) is 0.252. The van der Waals surface area contributed by atoms with Gasteiger partial charge in [-0.25, -0.2) is 0 Å². The number of nitrogens with one attached hydrogen (secondary N) is 1. The molecule has 18 heavy (non-hydrogen) atoms. The largest absolute Gasteiger partial charge is 0.385 e. The van der Waals surface area contributed by atoms with Gasteiger partial charge in [0.05, 0.1) is 11.8 Å². The molecule has 8 heteroatoms. The van der Waals surface area contributed by atoms with E-state index < -0.39 is 4.92 Å². The number of hydrogen-bond donors (Lipinski definition) is 1. The van der Waals surface area contributed by atoms with Crippen molar-refractivity contribution in [2.45, 2.75) is 19.9 Å². The van der Waals surface area contributed by atoms with E-state index in [4.69, 9.17) is 4.74 Å². The number of hydrogen-bond acceptors (Lipinski definition) is 5. The van der Waals surface area contributed by atoms with Crippen molar-refractivity contribution in [3.8, 4) is 0 Å². The highest BCUT2D eigenvalue weighted by molar-refractivity contribution is 5.75. The first-order valence-electron chi connectivity index (χ1n) is 5.49. The fourth-order valence-corrected chi connectivity index (χ4v) is 1.43. The molecule has 1 heterocycles.